The van der Waals surface area contributed by atoms with Gasteiger partial charge in [0.25, 0.3) is 5.91 Å². The Balaban J connectivity index is 1.73. The number of para-hydroxylation sites is 1. The Bertz CT molecular complexity index is 604. The zero-order valence-corrected chi connectivity index (χ0v) is 14.2. The summed E-state index contributed by atoms with van der Waals surface area (Å²) < 4.78 is 6.45. The zero-order chi connectivity index (χ0) is 15.1. The highest BCUT2D eigenvalue weighted by Crippen LogP contribution is 2.17. The van der Waals surface area contributed by atoms with Gasteiger partial charge in [0.15, 0.2) is 0 Å². The predicted molar refractivity (Wildman–Crippen MR) is 93.1 cm³/mol. The summed E-state index contributed by atoms with van der Waals surface area (Å²) in [5.74, 6) is 0.731. The van der Waals surface area contributed by atoms with Gasteiger partial charge in [-0.25, -0.2) is 0 Å². The van der Waals surface area contributed by atoms with Gasteiger partial charge in [-0.3, -0.25) is 4.79 Å². The first-order valence-corrected chi connectivity index (χ1v) is 8.03. The normalized spacial score (nSPS) is 10.2. The monoisotopic (exact) mass is 415 g/mol. The van der Waals surface area contributed by atoms with Crippen LogP contribution >= 0.6 is 34.2 Å². The predicted octanol–water partition coefficient (Wildman–Crippen LogP) is 4.14. The number of benzene rings is 2. The van der Waals surface area contributed by atoms with Crippen molar-refractivity contribution in [1.82, 2.24) is 5.32 Å². The molecule has 0 radical (unpaired) electrons. The van der Waals surface area contributed by atoms with E-state index in [0.29, 0.717) is 23.7 Å². The summed E-state index contributed by atoms with van der Waals surface area (Å²) in [5, 5.41) is 3.43. The first-order valence-electron chi connectivity index (χ1n) is 6.58. The molecule has 0 heterocycles. The van der Waals surface area contributed by atoms with Crippen molar-refractivity contribution >= 4 is 40.1 Å². The van der Waals surface area contributed by atoms with Crippen molar-refractivity contribution in [3.05, 3.63) is 62.7 Å². The van der Waals surface area contributed by atoms with Crippen LogP contribution in [0.5, 0.6) is 5.75 Å². The minimum absolute atomic E-state index is 0.110. The maximum atomic E-state index is 12.0. The SMILES string of the molecule is O=C(NCCCOc1ccccc1)c1cc(Cl)ccc1I. The molecule has 2 aromatic rings. The number of hydrogen-bond acceptors (Lipinski definition) is 2. The van der Waals surface area contributed by atoms with Gasteiger partial charge < -0.3 is 10.1 Å². The molecule has 0 aliphatic carbocycles. The second kappa shape index (κ2) is 8.24. The number of ether oxygens (including phenoxy) is 1. The molecular weight excluding hydrogens is 401 g/mol. The molecule has 1 amide bonds. The number of halogens is 2. The van der Waals surface area contributed by atoms with Gasteiger partial charge in [-0.1, -0.05) is 29.8 Å². The Kier molecular flexibility index (Phi) is 6.32. The first kappa shape index (κ1) is 16.1. The molecule has 21 heavy (non-hydrogen) atoms. The van der Waals surface area contributed by atoms with E-state index in [0.717, 1.165) is 15.7 Å². The number of hydrogen-bond donors (Lipinski definition) is 1. The van der Waals surface area contributed by atoms with Crippen LogP contribution < -0.4 is 10.1 Å². The molecule has 0 bridgehead atoms. The number of carbonyl (C=O) groups is 1. The van der Waals surface area contributed by atoms with Crippen LogP contribution in [-0.2, 0) is 0 Å². The smallest absolute Gasteiger partial charge is 0.252 e. The fourth-order valence-corrected chi connectivity index (χ4v) is 2.50. The average molecular weight is 416 g/mol. The second-order valence-electron chi connectivity index (χ2n) is 4.40. The van der Waals surface area contributed by atoms with Crippen molar-refractivity contribution in [2.75, 3.05) is 13.2 Å². The number of nitrogens with one attached hydrogen (secondary N) is 1. The van der Waals surface area contributed by atoms with Crippen molar-refractivity contribution in [2.45, 2.75) is 6.42 Å². The van der Waals surface area contributed by atoms with E-state index in [1.165, 1.54) is 0 Å². The molecule has 0 aromatic heterocycles. The lowest BCUT2D eigenvalue weighted by Crippen LogP contribution is -2.26. The molecule has 3 nitrogen and oxygen atoms in total. The van der Waals surface area contributed by atoms with Gasteiger partial charge >= 0.3 is 0 Å². The lowest BCUT2D eigenvalue weighted by molar-refractivity contribution is 0.0950. The zero-order valence-electron chi connectivity index (χ0n) is 11.3. The van der Waals surface area contributed by atoms with E-state index in [2.05, 4.69) is 27.9 Å². The second-order valence-corrected chi connectivity index (χ2v) is 5.99. The number of rotatable bonds is 6. The van der Waals surface area contributed by atoms with E-state index in [4.69, 9.17) is 16.3 Å². The van der Waals surface area contributed by atoms with Crippen LogP contribution in [0.1, 0.15) is 16.8 Å². The molecule has 0 saturated carbocycles. The molecular formula is C16H15ClINO2. The van der Waals surface area contributed by atoms with E-state index in [-0.39, 0.29) is 5.91 Å². The molecule has 1 N–H and O–H groups in total. The Morgan fingerprint density at radius 3 is 2.71 bits per heavy atom. The molecule has 0 unspecified atom stereocenters. The number of amides is 1. The van der Waals surface area contributed by atoms with Crippen LogP contribution in [0.25, 0.3) is 0 Å². The molecule has 5 heteroatoms. The van der Waals surface area contributed by atoms with Crippen LogP contribution in [0.15, 0.2) is 48.5 Å². The summed E-state index contributed by atoms with van der Waals surface area (Å²) >= 11 is 8.03. The van der Waals surface area contributed by atoms with Crippen LogP contribution in [0.2, 0.25) is 5.02 Å². The molecule has 0 aliphatic rings. The van der Waals surface area contributed by atoms with E-state index in [1.807, 2.05) is 36.4 Å². The Labute approximate surface area is 142 Å². The lowest BCUT2D eigenvalue weighted by Gasteiger charge is -2.08. The van der Waals surface area contributed by atoms with Crippen molar-refractivity contribution < 1.29 is 9.53 Å². The maximum Gasteiger partial charge on any atom is 0.252 e. The van der Waals surface area contributed by atoms with E-state index >= 15 is 0 Å². The summed E-state index contributed by atoms with van der Waals surface area (Å²) in [4.78, 5) is 12.0. The van der Waals surface area contributed by atoms with E-state index < -0.39 is 0 Å². The highest BCUT2D eigenvalue weighted by molar-refractivity contribution is 14.1. The molecule has 110 valence electrons. The van der Waals surface area contributed by atoms with Gasteiger partial charge in [0.1, 0.15) is 5.75 Å². The Morgan fingerprint density at radius 1 is 1.19 bits per heavy atom. The van der Waals surface area contributed by atoms with Crippen molar-refractivity contribution in [1.29, 1.82) is 0 Å². The van der Waals surface area contributed by atoms with Gasteiger partial charge in [0.05, 0.1) is 12.2 Å². The fourth-order valence-electron chi connectivity index (χ4n) is 1.75. The molecule has 0 spiro atoms. The molecule has 0 fully saturated rings. The molecule has 0 atom stereocenters. The Morgan fingerprint density at radius 2 is 1.95 bits per heavy atom. The van der Waals surface area contributed by atoms with Crippen LogP contribution in [0.4, 0.5) is 0 Å². The first-order chi connectivity index (χ1) is 10.2. The van der Waals surface area contributed by atoms with Gasteiger partial charge in [-0.05, 0) is 59.3 Å². The quantitative estimate of drug-likeness (QED) is 0.569. The van der Waals surface area contributed by atoms with Crippen molar-refractivity contribution in [3.63, 3.8) is 0 Å². The van der Waals surface area contributed by atoms with E-state index in [9.17, 15) is 4.79 Å². The van der Waals surface area contributed by atoms with Gasteiger partial charge in [0.2, 0.25) is 0 Å². The van der Waals surface area contributed by atoms with Gasteiger partial charge in [-0.2, -0.15) is 0 Å². The summed E-state index contributed by atoms with van der Waals surface area (Å²) in [7, 11) is 0. The largest absolute Gasteiger partial charge is 0.494 e. The minimum Gasteiger partial charge on any atom is -0.494 e. The van der Waals surface area contributed by atoms with Crippen molar-refractivity contribution in [3.8, 4) is 5.75 Å². The average Bonchev–Trinajstić information content (AvgIpc) is 2.50. The fraction of sp³-hybridized carbons (Fsp3) is 0.188. The van der Waals surface area contributed by atoms with Crippen LogP contribution in [0.3, 0.4) is 0 Å². The number of carbonyl (C=O) groups excluding carboxylic acids is 1. The summed E-state index contributed by atoms with van der Waals surface area (Å²) in [6, 6.07) is 14.9. The standard InChI is InChI=1S/C16H15ClINO2/c17-12-7-8-15(18)14(11-12)16(20)19-9-4-10-21-13-5-2-1-3-6-13/h1-3,5-8,11H,4,9-10H2,(H,19,20). The lowest BCUT2D eigenvalue weighted by atomic mass is 10.2. The van der Waals surface area contributed by atoms with E-state index in [1.54, 1.807) is 12.1 Å². The summed E-state index contributed by atoms with van der Waals surface area (Å²) in [5.41, 5.74) is 0.604. The highest BCUT2D eigenvalue weighted by Gasteiger charge is 2.09. The van der Waals surface area contributed by atoms with Gasteiger partial charge in [0, 0.05) is 15.1 Å². The molecule has 2 rings (SSSR count). The van der Waals surface area contributed by atoms with Crippen LogP contribution in [0, 0.1) is 3.57 Å². The third kappa shape index (κ3) is 5.21. The third-order valence-electron chi connectivity index (χ3n) is 2.79. The highest BCUT2D eigenvalue weighted by atomic mass is 127. The van der Waals surface area contributed by atoms with Gasteiger partial charge in [-0.15, -0.1) is 0 Å². The molecule has 2 aromatic carbocycles. The molecule has 0 aliphatic heterocycles. The summed E-state index contributed by atoms with van der Waals surface area (Å²) in [6.45, 7) is 1.13. The summed E-state index contributed by atoms with van der Waals surface area (Å²) in [6.07, 6.45) is 0.748. The third-order valence-corrected chi connectivity index (χ3v) is 3.97. The minimum atomic E-state index is -0.110. The molecule has 0 saturated heterocycles. The van der Waals surface area contributed by atoms with Crippen molar-refractivity contribution in [2.24, 2.45) is 0 Å². The topological polar surface area (TPSA) is 38.3 Å². The maximum absolute atomic E-state index is 12.0. The Hall–Kier alpha value is -1.27. The van der Waals surface area contributed by atoms with Crippen LogP contribution in [-0.4, -0.2) is 19.1 Å².